The van der Waals surface area contributed by atoms with Gasteiger partial charge in [0.25, 0.3) is 0 Å². The first kappa shape index (κ1) is 23.7. The number of amides is 1. The first-order chi connectivity index (χ1) is 17.3. The van der Waals surface area contributed by atoms with Gasteiger partial charge in [0.05, 0.1) is 36.5 Å². The van der Waals surface area contributed by atoms with E-state index in [9.17, 15) is 14.7 Å². The largest absolute Gasteiger partial charge is 0.481 e. The fourth-order valence-electron chi connectivity index (χ4n) is 5.39. The number of carbonyl (C=O) groups excluding carboxylic acids is 1. The van der Waals surface area contributed by atoms with Gasteiger partial charge < -0.3 is 14.6 Å². The number of carboxylic acids is 1. The lowest BCUT2D eigenvalue weighted by molar-refractivity contribution is -0.137. The molecule has 0 aliphatic carbocycles. The summed E-state index contributed by atoms with van der Waals surface area (Å²) in [4.78, 5) is 37.2. The number of benzene rings is 2. The van der Waals surface area contributed by atoms with Crippen LogP contribution in [-0.2, 0) is 23.2 Å². The lowest BCUT2D eigenvalue weighted by Crippen LogP contribution is -2.31. The predicted octanol–water partition coefficient (Wildman–Crippen LogP) is 5.29. The van der Waals surface area contributed by atoms with E-state index >= 15 is 0 Å². The second-order valence-electron chi connectivity index (χ2n) is 9.90. The third-order valence-corrected chi connectivity index (χ3v) is 7.10. The van der Waals surface area contributed by atoms with Crippen LogP contribution in [0, 0.1) is 6.92 Å². The summed E-state index contributed by atoms with van der Waals surface area (Å²) in [5.74, 6) is -1.59. The van der Waals surface area contributed by atoms with Gasteiger partial charge in [-0.3, -0.25) is 9.59 Å². The van der Waals surface area contributed by atoms with Crippen molar-refractivity contribution in [2.24, 2.45) is 7.05 Å². The number of rotatable bonds is 7. The highest BCUT2D eigenvalue weighted by Crippen LogP contribution is 2.46. The molecule has 5 rings (SSSR count). The summed E-state index contributed by atoms with van der Waals surface area (Å²) in [5, 5.41) is 10.9. The molecule has 184 valence electrons. The van der Waals surface area contributed by atoms with E-state index in [1.165, 1.54) is 0 Å². The van der Waals surface area contributed by atoms with Crippen molar-refractivity contribution >= 4 is 28.5 Å². The van der Waals surface area contributed by atoms with Crippen molar-refractivity contribution < 1.29 is 14.7 Å². The fourth-order valence-corrected chi connectivity index (χ4v) is 5.39. The number of anilines is 1. The summed E-state index contributed by atoms with van der Waals surface area (Å²) in [6.07, 6.45) is 3.63. The van der Waals surface area contributed by atoms with E-state index < -0.39 is 17.8 Å². The molecule has 2 aromatic heterocycles. The zero-order valence-corrected chi connectivity index (χ0v) is 21.0. The third kappa shape index (κ3) is 4.04. The molecule has 3 heterocycles. The summed E-state index contributed by atoms with van der Waals surface area (Å²) in [6.45, 7) is 6.46. The van der Waals surface area contributed by atoms with Gasteiger partial charge in [-0.15, -0.1) is 0 Å². The number of carbonyl (C=O) groups is 2. The maximum absolute atomic E-state index is 14.1. The topological polar surface area (TPSA) is 88.3 Å². The van der Waals surface area contributed by atoms with Crippen molar-refractivity contribution in [3.63, 3.8) is 0 Å². The lowest BCUT2D eigenvalue weighted by atomic mass is 9.82. The summed E-state index contributed by atoms with van der Waals surface area (Å²) in [5.41, 5.74) is 5.38. The van der Waals surface area contributed by atoms with E-state index in [0.29, 0.717) is 23.8 Å². The highest BCUT2D eigenvalue weighted by atomic mass is 16.4. The van der Waals surface area contributed by atoms with Crippen LogP contribution < -0.4 is 4.90 Å². The smallest absolute Gasteiger partial charge is 0.304 e. The van der Waals surface area contributed by atoms with Crippen LogP contribution in [0.4, 0.5) is 5.69 Å². The highest BCUT2D eigenvalue weighted by molar-refractivity contribution is 6.05. The minimum absolute atomic E-state index is 0.0791. The van der Waals surface area contributed by atoms with Crippen LogP contribution in [-0.4, -0.2) is 31.5 Å². The van der Waals surface area contributed by atoms with Crippen LogP contribution in [0.3, 0.4) is 0 Å². The zero-order chi connectivity index (χ0) is 25.6. The first-order valence-corrected chi connectivity index (χ1v) is 12.2. The molecule has 2 atom stereocenters. The van der Waals surface area contributed by atoms with Gasteiger partial charge in [-0.25, -0.2) is 9.97 Å². The number of aromatic nitrogens is 3. The maximum Gasteiger partial charge on any atom is 0.304 e. The molecular formula is C29H30N4O3. The van der Waals surface area contributed by atoms with E-state index in [1.807, 2.05) is 57.3 Å². The number of aliphatic carboxylic acids is 1. The molecule has 36 heavy (non-hydrogen) atoms. The van der Waals surface area contributed by atoms with E-state index in [2.05, 4.69) is 34.8 Å². The van der Waals surface area contributed by atoms with Gasteiger partial charge in [0.15, 0.2) is 0 Å². The predicted molar refractivity (Wildman–Crippen MR) is 139 cm³/mol. The number of hydrogen-bond acceptors (Lipinski definition) is 4. The molecule has 1 unspecified atom stereocenters. The Hall–Kier alpha value is -4.00. The van der Waals surface area contributed by atoms with Crippen LogP contribution in [0.25, 0.3) is 10.9 Å². The molecule has 4 aromatic rings. The van der Waals surface area contributed by atoms with Crippen molar-refractivity contribution in [2.75, 3.05) is 4.90 Å². The molecule has 1 amide bonds. The second-order valence-corrected chi connectivity index (χ2v) is 9.90. The van der Waals surface area contributed by atoms with Crippen molar-refractivity contribution in [3.05, 3.63) is 89.1 Å². The van der Waals surface area contributed by atoms with Crippen LogP contribution in [0.2, 0.25) is 0 Å². The Balaban J connectivity index is 1.64. The highest BCUT2D eigenvalue weighted by Gasteiger charge is 2.45. The molecule has 0 saturated carbocycles. The SMILES string of the molecule is Cc1cccc2c1c(CN1C(=O)C([C@H](CC(=O)O)c3ccccc3)c3nc(C(C)C)ncc31)cn2C. The Labute approximate surface area is 210 Å². The van der Waals surface area contributed by atoms with Crippen molar-refractivity contribution in [1.29, 1.82) is 0 Å². The number of hydrogen-bond donors (Lipinski definition) is 1. The van der Waals surface area contributed by atoms with Crippen LogP contribution >= 0.6 is 0 Å². The molecule has 7 nitrogen and oxygen atoms in total. The lowest BCUT2D eigenvalue weighted by Gasteiger charge is -2.23. The Kier molecular flexibility index (Phi) is 6.08. The fraction of sp³-hybridized carbons (Fsp3) is 0.310. The van der Waals surface area contributed by atoms with Crippen LogP contribution in [0.15, 0.2) is 60.9 Å². The van der Waals surface area contributed by atoms with Gasteiger partial charge in [0.1, 0.15) is 5.82 Å². The molecule has 1 aliphatic rings. The Morgan fingerprint density at radius 1 is 1.11 bits per heavy atom. The number of carboxylic acid groups (broad SMARTS) is 1. The molecule has 2 aromatic carbocycles. The van der Waals surface area contributed by atoms with Crippen molar-refractivity contribution in [2.45, 2.75) is 51.5 Å². The molecule has 1 N–H and O–H groups in total. The van der Waals surface area contributed by atoms with Gasteiger partial charge >= 0.3 is 5.97 Å². The molecule has 0 fully saturated rings. The van der Waals surface area contributed by atoms with Crippen LogP contribution in [0.5, 0.6) is 0 Å². The zero-order valence-electron chi connectivity index (χ0n) is 21.0. The standard InChI is InChI=1S/C29H30N4O3/c1-17(2)28-30-14-23-27(31-28)26(21(13-24(34)35)19-10-6-5-7-11-19)29(36)33(23)16-20-15-32(4)22-12-8-9-18(3)25(20)22/h5-12,14-15,17,21,26H,13,16H2,1-4H3,(H,34,35)/t21-,26?/m1/s1. The summed E-state index contributed by atoms with van der Waals surface area (Å²) in [6, 6.07) is 15.6. The molecule has 1 aliphatic heterocycles. The minimum Gasteiger partial charge on any atom is -0.481 e. The van der Waals surface area contributed by atoms with Crippen molar-refractivity contribution in [1.82, 2.24) is 14.5 Å². The molecule has 0 bridgehead atoms. The number of nitrogens with zero attached hydrogens (tertiary/aromatic N) is 4. The molecule has 0 saturated heterocycles. The Morgan fingerprint density at radius 2 is 1.86 bits per heavy atom. The third-order valence-electron chi connectivity index (χ3n) is 7.10. The second kappa shape index (κ2) is 9.22. The van der Waals surface area contributed by atoms with Gasteiger partial charge in [0, 0.05) is 36.0 Å². The van der Waals surface area contributed by atoms with E-state index in [1.54, 1.807) is 11.1 Å². The van der Waals surface area contributed by atoms with E-state index in [4.69, 9.17) is 4.98 Å². The molecule has 0 spiro atoms. The Bertz CT molecular complexity index is 1460. The van der Waals surface area contributed by atoms with E-state index in [-0.39, 0.29) is 18.2 Å². The average Bonchev–Trinajstić information content (AvgIpc) is 3.32. The summed E-state index contributed by atoms with van der Waals surface area (Å²) in [7, 11) is 2.00. The van der Waals surface area contributed by atoms with Gasteiger partial charge in [0.2, 0.25) is 5.91 Å². The summed E-state index contributed by atoms with van der Waals surface area (Å²) >= 11 is 0. The minimum atomic E-state index is -0.945. The number of fused-ring (bicyclic) bond motifs is 2. The molecule has 7 heteroatoms. The Morgan fingerprint density at radius 3 is 2.56 bits per heavy atom. The monoisotopic (exact) mass is 482 g/mol. The van der Waals surface area contributed by atoms with Crippen molar-refractivity contribution in [3.8, 4) is 0 Å². The first-order valence-electron chi connectivity index (χ1n) is 12.2. The van der Waals surface area contributed by atoms with Gasteiger partial charge in [-0.1, -0.05) is 56.3 Å². The number of aryl methyl sites for hydroxylation is 2. The van der Waals surface area contributed by atoms with Gasteiger partial charge in [-0.2, -0.15) is 0 Å². The quantitative estimate of drug-likeness (QED) is 0.387. The normalized spacial score (nSPS) is 16.1. The molecular weight excluding hydrogens is 452 g/mol. The average molecular weight is 483 g/mol. The maximum atomic E-state index is 14.1. The van der Waals surface area contributed by atoms with Crippen LogP contribution in [0.1, 0.15) is 66.2 Å². The molecule has 0 radical (unpaired) electrons. The summed E-state index contributed by atoms with van der Waals surface area (Å²) < 4.78 is 2.08. The van der Waals surface area contributed by atoms with Gasteiger partial charge in [-0.05, 0) is 29.7 Å². The van der Waals surface area contributed by atoms with E-state index in [0.717, 1.165) is 27.6 Å².